The van der Waals surface area contributed by atoms with Crippen molar-refractivity contribution in [2.75, 3.05) is 26.1 Å². The van der Waals surface area contributed by atoms with E-state index in [0.29, 0.717) is 36.5 Å². The molecule has 0 saturated heterocycles. The van der Waals surface area contributed by atoms with Crippen molar-refractivity contribution in [3.05, 3.63) is 78.0 Å². The fraction of sp³-hybridized carbons (Fsp3) is 0.250. The first kappa shape index (κ1) is 25.3. The summed E-state index contributed by atoms with van der Waals surface area (Å²) in [6, 6.07) is 19.5. The summed E-state index contributed by atoms with van der Waals surface area (Å²) in [6.07, 6.45) is 1.72. The van der Waals surface area contributed by atoms with Gasteiger partial charge < -0.3 is 24.8 Å². The Hall–Kier alpha value is -3.01. The lowest BCUT2D eigenvalue weighted by atomic mass is 10.2. The lowest BCUT2D eigenvalue weighted by Gasteiger charge is -2.14. The van der Waals surface area contributed by atoms with Crippen LogP contribution in [-0.4, -0.2) is 31.7 Å². The first-order valence-corrected chi connectivity index (χ1v) is 10.1. The predicted octanol–water partition coefficient (Wildman–Crippen LogP) is 4.87. The third-order valence-corrected chi connectivity index (χ3v) is 4.47. The molecule has 32 heavy (non-hydrogen) atoms. The minimum absolute atomic E-state index is 0. The zero-order valence-electron chi connectivity index (χ0n) is 18.5. The smallest absolute Gasteiger partial charge is 0.218 e. The lowest BCUT2D eigenvalue weighted by Crippen LogP contribution is -2.30. The van der Waals surface area contributed by atoms with Gasteiger partial charge in [-0.3, -0.25) is 0 Å². The summed E-state index contributed by atoms with van der Waals surface area (Å²) in [4.78, 5) is 9.08. The first-order valence-electron chi connectivity index (χ1n) is 10.1. The standard InChI is InChI=1S/C24H28N4O3.HI/c1-4-25-24(28-20-12-13-21(29-2)22(15-20)30-3)27-16-19-11-8-14-26-23(19)31-17-18-9-6-5-7-10-18;/h5-15H,4,16-17H2,1-3H3,(H2,25,27,28);1H. The molecule has 0 radical (unpaired) electrons. The van der Waals surface area contributed by atoms with E-state index >= 15 is 0 Å². The van der Waals surface area contributed by atoms with Crippen molar-refractivity contribution in [3.8, 4) is 17.4 Å². The summed E-state index contributed by atoms with van der Waals surface area (Å²) >= 11 is 0. The van der Waals surface area contributed by atoms with Gasteiger partial charge in [0.15, 0.2) is 17.5 Å². The summed E-state index contributed by atoms with van der Waals surface area (Å²) in [6.45, 7) is 3.62. The van der Waals surface area contributed by atoms with Crippen LogP contribution in [0, 0.1) is 0 Å². The van der Waals surface area contributed by atoms with Crippen LogP contribution in [0.1, 0.15) is 18.1 Å². The van der Waals surface area contributed by atoms with E-state index in [-0.39, 0.29) is 24.0 Å². The number of aromatic nitrogens is 1. The number of nitrogens with one attached hydrogen (secondary N) is 2. The van der Waals surface area contributed by atoms with Gasteiger partial charge in [0.25, 0.3) is 0 Å². The van der Waals surface area contributed by atoms with E-state index in [0.717, 1.165) is 23.4 Å². The molecule has 1 heterocycles. The van der Waals surface area contributed by atoms with Gasteiger partial charge in [0.1, 0.15) is 6.61 Å². The molecule has 0 spiro atoms. The average Bonchev–Trinajstić information content (AvgIpc) is 2.82. The number of ether oxygens (including phenoxy) is 3. The minimum Gasteiger partial charge on any atom is -0.493 e. The van der Waals surface area contributed by atoms with Crippen LogP contribution in [0.4, 0.5) is 5.69 Å². The van der Waals surface area contributed by atoms with E-state index in [9.17, 15) is 0 Å². The molecule has 0 saturated carbocycles. The Balaban J connectivity index is 0.00000363. The van der Waals surface area contributed by atoms with Gasteiger partial charge in [-0.1, -0.05) is 36.4 Å². The second kappa shape index (κ2) is 13.4. The van der Waals surface area contributed by atoms with Crippen LogP contribution in [0.3, 0.4) is 0 Å². The van der Waals surface area contributed by atoms with Crippen molar-refractivity contribution in [3.63, 3.8) is 0 Å². The summed E-state index contributed by atoms with van der Waals surface area (Å²) in [5.74, 6) is 2.54. The summed E-state index contributed by atoms with van der Waals surface area (Å²) in [5.41, 5.74) is 2.83. The lowest BCUT2D eigenvalue weighted by molar-refractivity contribution is 0.290. The quantitative estimate of drug-likeness (QED) is 0.226. The maximum absolute atomic E-state index is 5.94. The van der Waals surface area contributed by atoms with Crippen LogP contribution in [0.15, 0.2) is 71.9 Å². The Morgan fingerprint density at radius 2 is 1.75 bits per heavy atom. The van der Waals surface area contributed by atoms with Gasteiger partial charge in [-0.25, -0.2) is 9.98 Å². The molecule has 0 fully saturated rings. The van der Waals surface area contributed by atoms with Gasteiger partial charge in [0, 0.05) is 30.1 Å². The van der Waals surface area contributed by atoms with Gasteiger partial charge in [-0.05, 0) is 30.7 Å². The van der Waals surface area contributed by atoms with Crippen LogP contribution in [0.5, 0.6) is 17.4 Å². The van der Waals surface area contributed by atoms with E-state index in [4.69, 9.17) is 19.2 Å². The second-order valence-corrected chi connectivity index (χ2v) is 6.63. The Morgan fingerprint density at radius 1 is 0.969 bits per heavy atom. The topological polar surface area (TPSA) is 77.0 Å². The molecule has 0 bridgehead atoms. The number of rotatable bonds is 9. The summed E-state index contributed by atoms with van der Waals surface area (Å²) < 4.78 is 16.6. The van der Waals surface area contributed by atoms with Crippen LogP contribution < -0.4 is 24.8 Å². The minimum atomic E-state index is 0. The molecule has 3 rings (SSSR count). The van der Waals surface area contributed by atoms with Crippen molar-refractivity contribution in [2.45, 2.75) is 20.1 Å². The van der Waals surface area contributed by atoms with Gasteiger partial charge in [-0.2, -0.15) is 0 Å². The molecular formula is C24H29IN4O3. The Kier molecular flexibility index (Phi) is 10.6. The average molecular weight is 548 g/mol. The number of pyridine rings is 1. The monoisotopic (exact) mass is 548 g/mol. The highest BCUT2D eigenvalue weighted by molar-refractivity contribution is 14.0. The SMILES string of the molecule is CCNC(=NCc1cccnc1OCc1ccccc1)Nc1ccc(OC)c(OC)c1.I. The van der Waals surface area contributed by atoms with E-state index < -0.39 is 0 Å². The molecule has 0 amide bonds. The molecule has 2 N–H and O–H groups in total. The van der Waals surface area contributed by atoms with Gasteiger partial charge in [-0.15, -0.1) is 24.0 Å². The van der Waals surface area contributed by atoms with Crippen LogP contribution in [-0.2, 0) is 13.2 Å². The van der Waals surface area contributed by atoms with Crippen molar-refractivity contribution in [1.82, 2.24) is 10.3 Å². The highest BCUT2D eigenvalue weighted by atomic mass is 127. The van der Waals surface area contributed by atoms with E-state index in [2.05, 4.69) is 15.6 Å². The zero-order valence-corrected chi connectivity index (χ0v) is 20.8. The van der Waals surface area contributed by atoms with Gasteiger partial charge in [0.05, 0.1) is 20.8 Å². The molecule has 8 heteroatoms. The first-order chi connectivity index (χ1) is 15.2. The molecule has 170 valence electrons. The molecule has 0 aliphatic rings. The number of methoxy groups -OCH3 is 2. The van der Waals surface area contributed by atoms with Crippen molar-refractivity contribution >= 4 is 35.6 Å². The molecule has 3 aromatic rings. The summed E-state index contributed by atoms with van der Waals surface area (Å²) in [7, 11) is 3.22. The number of hydrogen-bond acceptors (Lipinski definition) is 5. The molecule has 0 unspecified atom stereocenters. The number of nitrogens with zero attached hydrogens (tertiary/aromatic N) is 2. The van der Waals surface area contributed by atoms with Crippen LogP contribution in [0.25, 0.3) is 0 Å². The number of hydrogen-bond donors (Lipinski definition) is 2. The Morgan fingerprint density at radius 3 is 2.47 bits per heavy atom. The fourth-order valence-corrected chi connectivity index (χ4v) is 2.92. The largest absolute Gasteiger partial charge is 0.493 e. The number of benzene rings is 2. The van der Waals surface area contributed by atoms with E-state index in [1.165, 1.54) is 0 Å². The third-order valence-electron chi connectivity index (χ3n) is 4.47. The number of guanidine groups is 1. The fourth-order valence-electron chi connectivity index (χ4n) is 2.92. The van der Waals surface area contributed by atoms with Crippen LogP contribution >= 0.6 is 24.0 Å². The zero-order chi connectivity index (χ0) is 21.9. The number of halogens is 1. The van der Waals surface area contributed by atoms with E-state index in [1.54, 1.807) is 20.4 Å². The predicted molar refractivity (Wildman–Crippen MR) is 138 cm³/mol. The van der Waals surface area contributed by atoms with Gasteiger partial charge >= 0.3 is 0 Å². The van der Waals surface area contributed by atoms with Crippen molar-refractivity contribution in [2.24, 2.45) is 4.99 Å². The number of anilines is 1. The van der Waals surface area contributed by atoms with Crippen molar-refractivity contribution in [1.29, 1.82) is 0 Å². The summed E-state index contributed by atoms with van der Waals surface area (Å²) in [5, 5.41) is 6.55. The second-order valence-electron chi connectivity index (χ2n) is 6.63. The molecular weight excluding hydrogens is 519 g/mol. The molecule has 0 atom stereocenters. The normalized spacial score (nSPS) is 10.7. The highest BCUT2D eigenvalue weighted by Crippen LogP contribution is 2.29. The highest BCUT2D eigenvalue weighted by Gasteiger charge is 2.08. The van der Waals surface area contributed by atoms with Gasteiger partial charge in [0.2, 0.25) is 5.88 Å². The third kappa shape index (κ3) is 7.30. The van der Waals surface area contributed by atoms with E-state index in [1.807, 2.05) is 67.6 Å². The molecule has 2 aromatic carbocycles. The molecule has 7 nitrogen and oxygen atoms in total. The van der Waals surface area contributed by atoms with Crippen LogP contribution in [0.2, 0.25) is 0 Å². The molecule has 0 aliphatic carbocycles. The number of aliphatic imine (C=N–C) groups is 1. The molecule has 0 aliphatic heterocycles. The maximum atomic E-state index is 5.94. The Bertz CT molecular complexity index is 1000. The Labute approximate surface area is 206 Å². The van der Waals surface area contributed by atoms with Crippen molar-refractivity contribution < 1.29 is 14.2 Å². The molecule has 1 aromatic heterocycles. The maximum Gasteiger partial charge on any atom is 0.218 e.